The Balaban J connectivity index is 1.47. The molecule has 0 spiro atoms. The molecule has 2 aliphatic heterocycles. The van der Waals surface area contributed by atoms with E-state index in [9.17, 15) is 9.59 Å². The number of amides is 2. The van der Waals surface area contributed by atoms with Crippen molar-refractivity contribution in [3.63, 3.8) is 0 Å². The van der Waals surface area contributed by atoms with Gasteiger partial charge in [0.05, 0.1) is 7.11 Å². The molecule has 1 unspecified atom stereocenters. The highest BCUT2D eigenvalue weighted by atomic mass is 16.5. The molecule has 0 aliphatic carbocycles. The molecule has 2 aliphatic rings. The number of benzene rings is 2. The van der Waals surface area contributed by atoms with Crippen LogP contribution in [0, 0.1) is 5.92 Å². The standard InChI is InChI=1S/C29H32N4O4/c1-3-25(34)32-16-13-19(14-17-32)22-10-7-15-33-27(28(30)35)26(31-29(22)33)20-11-12-23(24(18-20)36-2)37-21-8-5-4-6-9-21/h3-6,8-9,11-12,18-19,22H,1,7,10,13-17H2,2H3,(H2,30,35). The van der Waals surface area contributed by atoms with Crippen molar-refractivity contribution < 1.29 is 19.1 Å². The zero-order valence-electron chi connectivity index (χ0n) is 21.1. The number of likely N-dealkylation sites (tertiary alicyclic amines) is 1. The summed E-state index contributed by atoms with van der Waals surface area (Å²) in [6.07, 6.45) is 5.13. The van der Waals surface area contributed by atoms with E-state index in [1.807, 2.05) is 58.0 Å². The summed E-state index contributed by atoms with van der Waals surface area (Å²) in [4.78, 5) is 31.6. The lowest BCUT2D eigenvalue weighted by Gasteiger charge is -2.37. The molecule has 0 saturated carbocycles. The molecule has 37 heavy (non-hydrogen) atoms. The third kappa shape index (κ3) is 4.83. The Hall–Kier alpha value is -4.07. The number of nitrogens with two attached hydrogens (primary N) is 1. The first-order valence-corrected chi connectivity index (χ1v) is 12.7. The van der Waals surface area contributed by atoms with Crippen molar-refractivity contribution in [2.45, 2.75) is 38.1 Å². The van der Waals surface area contributed by atoms with Crippen molar-refractivity contribution in [3.8, 4) is 28.5 Å². The normalized spacial score (nSPS) is 17.6. The Kier molecular flexibility index (Phi) is 6.99. The van der Waals surface area contributed by atoms with Gasteiger partial charge in [-0.2, -0.15) is 0 Å². The fourth-order valence-corrected chi connectivity index (χ4v) is 5.64. The molecule has 2 N–H and O–H groups in total. The average molecular weight is 501 g/mol. The molecule has 192 valence electrons. The number of imidazole rings is 1. The molecule has 3 aromatic rings. The van der Waals surface area contributed by atoms with E-state index >= 15 is 0 Å². The Morgan fingerprint density at radius 1 is 1.05 bits per heavy atom. The summed E-state index contributed by atoms with van der Waals surface area (Å²) in [5.41, 5.74) is 7.65. The van der Waals surface area contributed by atoms with Gasteiger partial charge in [0.1, 0.15) is 23.0 Å². The minimum atomic E-state index is -0.496. The number of carbonyl (C=O) groups excluding carboxylic acids is 2. The van der Waals surface area contributed by atoms with Crippen LogP contribution in [0.3, 0.4) is 0 Å². The highest BCUT2D eigenvalue weighted by molar-refractivity contribution is 5.97. The van der Waals surface area contributed by atoms with Gasteiger partial charge in [-0.25, -0.2) is 4.98 Å². The van der Waals surface area contributed by atoms with Crippen molar-refractivity contribution in [1.82, 2.24) is 14.5 Å². The summed E-state index contributed by atoms with van der Waals surface area (Å²) in [5, 5.41) is 0. The fraction of sp³-hybridized carbons (Fsp3) is 0.345. The van der Waals surface area contributed by atoms with E-state index in [0.717, 1.165) is 37.1 Å². The number of ether oxygens (including phenoxy) is 2. The van der Waals surface area contributed by atoms with Crippen LogP contribution in [0.15, 0.2) is 61.2 Å². The molecule has 1 saturated heterocycles. The molecule has 0 radical (unpaired) electrons. The van der Waals surface area contributed by atoms with Crippen LogP contribution in [0.1, 0.15) is 47.9 Å². The number of hydrogen-bond acceptors (Lipinski definition) is 5. The van der Waals surface area contributed by atoms with Gasteiger partial charge in [0, 0.05) is 31.1 Å². The first-order valence-electron chi connectivity index (χ1n) is 12.7. The summed E-state index contributed by atoms with van der Waals surface area (Å²) in [7, 11) is 1.59. The predicted molar refractivity (Wildman–Crippen MR) is 141 cm³/mol. The van der Waals surface area contributed by atoms with Crippen molar-refractivity contribution in [3.05, 3.63) is 72.7 Å². The van der Waals surface area contributed by atoms with Crippen molar-refractivity contribution >= 4 is 11.8 Å². The Bertz CT molecular complexity index is 1310. The fourth-order valence-electron chi connectivity index (χ4n) is 5.64. The van der Waals surface area contributed by atoms with E-state index in [2.05, 4.69) is 6.58 Å². The number of nitrogens with zero attached hydrogens (tertiary/aromatic N) is 3. The molecule has 1 atom stereocenters. The number of piperidine rings is 1. The van der Waals surface area contributed by atoms with Gasteiger partial charge in [0.2, 0.25) is 5.91 Å². The minimum absolute atomic E-state index is 0.0180. The van der Waals surface area contributed by atoms with Gasteiger partial charge in [-0.15, -0.1) is 0 Å². The second-order valence-corrected chi connectivity index (χ2v) is 9.58. The van der Waals surface area contributed by atoms with Crippen molar-refractivity contribution in [2.24, 2.45) is 11.7 Å². The van der Waals surface area contributed by atoms with Crippen LogP contribution in [-0.4, -0.2) is 46.5 Å². The number of methoxy groups -OCH3 is 1. The maximum Gasteiger partial charge on any atom is 0.267 e. The smallest absolute Gasteiger partial charge is 0.267 e. The molecule has 0 bridgehead atoms. The van der Waals surface area contributed by atoms with Gasteiger partial charge < -0.3 is 24.7 Å². The van der Waals surface area contributed by atoms with Gasteiger partial charge in [-0.1, -0.05) is 24.8 Å². The third-order valence-electron chi connectivity index (χ3n) is 7.46. The van der Waals surface area contributed by atoms with Crippen LogP contribution in [0.2, 0.25) is 0 Å². The minimum Gasteiger partial charge on any atom is -0.493 e. The van der Waals surface area contributed by atoms with E-state index in [0.29, 0.717) is 54.2 Å². The molecule has 3 heterocycles. The molecule has 2 amide bonds. The summed E-state index contributed by atoms with van der Waals surface area (Å²) in [6, 6.07) is 15.0. The zero-order valence-corrected chi connectivity index (χ0v) is 21.1. The van der Waals surface area contributed by atoms with Crippen LogP contribution in [-0.2, 0) is 11.3 Å². The van der Waals surface area contributed by atoms with Gasteiger partial charge in [0.25, 0.3) is 5.91 Å². The van der Waals surface area contributed by atoms with Crippen molar-refractivity contribution in [2.75, 3.05) is 20.2 Å². The Morgan fingerprint density at radius 3 is 2.49 bits per heavy atom. The highest BCUT2D eigenvalue weighted by Gasteiger charge is 2.36. The lowest BCUT2D eigenvalue weighted by atomic mass is 9.79. The van der Waals surface area contributed by atoms with E-state index in [1.54, 1.807) is 7.11 Å². The molecular formula is C29H32N4O4. The number of aromatic nitrogens is 2. The Labute approximate surface area is 216 Å². The number of hydrogen-bond donors (Lipinski definition) is 1. The van der Waals surface area contributed by atoms with Crippen LogP contribution < -0.4 is 15.2 Å². The summed E-state index contributed by atoms with van der Waals surface area (Å²) in [5.74, 6) is 2.81. The van der Waals surface area contributed by atoms with Gasteiger partial charge >= 0.3 is 0 Å². The van der Waals surface area contributed by atoms with Gasteiger partial charge in [-0.3, -0.25) is 9.59 Å². The molecule has 8 nitrogen and oxygen atoms in total. The highest BCUT2D eigenvalue weighted by Crippen LogP contribution is 2.42. The molecule has 5 rings (SSSR count). The van der Waals surface area contributed by atoms with Crippen LogP contribution in [0.4, 0.5) is 0 Å². The zero-order chi connectivity index (χ0) is 25.9. The number of para-hydroxylation sites is 1. The van der Waals surface area contributed by atoms with E-state index in [4.69, 9.17) is 20.2 Å². The lowest BCUT2D eigenvalue weighted by molar-refractivity contribution is -0.127. The second kappa shape index (κ2) is 10.5. The molecule has 1 aromatic heterocycles. The predicted octanol–water partition coefficient (Wildman–Crippen LogP) is 4.75. The maximum absolute atomic E-state index is 12.7. The van der Waals surface area contributed by atoms with E-state index < -0.39 is 5.91 Å². The lowest BCUT2D eigenvalue weighted by Crippen LogP contribution is -2.39. The van der Waals surface area contributed by atoms with Gasteiger partial charge in [-0.05, 0) is 68.0 Å². The van der Waals surface area contributed by atoms with E-state index in [-0.39, 0.29) is 11.8 Å². The van der Waals surface area contributed by atoms with Crippen LogP contribution in [0.25, 0.3) is 11.3 Å². The number of carbonyl (C=O) groups is 2. The third-order valence-corrected chi connectivity index (χ3v) is 7.46. The average Bonchev–Trinajstić information content (AvgIpc) is 3.34. The Morgan fingerprint density at radius 2 is 1.81 bits per heavy atom. The summed E-state index contributed by atoms with van der Waals surface area (Å²) in [6.45, 7) is 5.73. The van der Waals surface area contributed by atoms with Crippen LogP contribution >= 0.6 is 0 Å². The largest absolute Gasteiger partial charge is 0.493 e. The molecule has 8 heteroatoms. The second-order valence-electron chi connectivity index (χ2n) is 9.58. The quantitative estimate of drug-likeness (QED) is 0.472. The van der Waals surface area contributed by atoms with Crippen molar-refractivity contribution in [1.29, 1.82) is 0 Å². The first kappa shape index (κ1) is 24.6. The molecule has 1 fully saturated rings. The van der Waals surface area contributed by atoms with E-state index in [1.165, 1.54) is 6.08 Å². The number of primary amides is 1. The molecule has 2 aromatic carbocycles. The first-order chi connectivity index (χ1) is 18.0. The SMILES string of the molecule is C=CC(=O)N1CCC(C2CCCn3c2nc(-c2ccc(Oc4ccccc4)c(OC)c2)c3C(N)=O)CC1. The summed E-state index contributed by atoms with van der Waals surface area (Å²) < 4.78 is 13.6. The van der Waals surface area contributed by atoms with Gasteiger partial charge in [0.15, 0.2) is 11.5 Å². The maximum atomic E-state index is 12.7. The monoisotopic (exact) mass is 500 g/mol. The molecular weight excluding hydrogens is 468 g/mol. The van der Waals surface area contributed by atoms with Crippen LogP contribution in [0.5, 0.6) is 17.2 Å². The topological polar surface area (TPSA) is 99.7 Å². The summed E-state index contributed by atoms with van der Waals surface area (Å²) >= 11 is 0. The number of fused-ring (bicyclic) bond motifs is 1. The number of rotatable bonds is 7.